The minimum Gasteiger partial charge on any atom is -0.482 e. The summed E-state index contributed by atoms with van der Waals surface area (Å²) >= 11 is 5.81. The number of fused-ring (bicyclic) bond motifs is 1. The highest BCUT2D eigenvalue weighted by molar-refractivity contribution is 6.30. The van der Waals surface area contributed by atoms with Crippen molar-refractivity contribution in [1.29, 1.82) is 0 Å². The third-order valence-electron chi connectivity index (χ3n) is 3.07. The maximum atomic E-state index is 12.1. The summed E-state index contributed by atoms with van der Waals surface area (Å²) in [6, 6.07) is 14.7. The standard InChI is InChI=1S/C15H11ClO2/c16-11-5-7-12(8-6-11)18-14-9-10-3-1-2-4-13(10)15(14)17/h1-8,14H,9H2. The monoisotopic (exact) mass is 258 g/mol. The minimum absolute atomic E-state index is 0.0561. The molecule has 0 N–H and O–H groups in total. The maximum absolute atomic E-state index is 12.1. The summed E-state index contributed by atoms with van der Waals surface area (Å²) in [6.07, 6.45) is 0.223. The fourth-order valence-corrected chi connectivity index (χ4v) is 2.30. The molecule has 2 aromatic carbocycles. The summed E-state index contributed by atoms with van der Waals surface area (Å²) in [5.41, 5.74) is 1.83. The summed E-state index contributed by atoms with van der Waals surface area (Å²) in [5, 5.41) is 0.656. The third-order valence-corrected chi connectivity index (χ3v) is 3.32. The molecule has 1 atom stereocenters. The molecular formula is C15H11ClO2. The number of hydrogen-bond acceptors (Lipinski definition) is 2. The minimum atomic E-state index is -0.413. The Labute approximate surface area is 110 Å². The van der Waals surface area contributed by atoms with Gasteiger partial charge in [-0.1, -0.05) is 35.9 Å². The molecule has 0 saturated carbocycles. The topological polar surface area (TPSA) is 26.3 Å². The number of rotatable bonds is 2. The molecule has 3 heteroatoms. The van der Waals surface area contributed by atoms with Gasteiger partial charge in [-0.05, 0) is 29.8 Å². The Morgan fingerprint density at radius 3 is 2.50 bits per heavy atom. The number of halogens is 1. The molecule has 0 saturated heterocycles. The van der Waals surface area contributed by atoms with Crippen LogP contribution in [0.1, 0.15) is 15.9 Å². The van der Waals surface area contributed by atoms with Crippen LogP contribution in [0.25, 0.3) is 0 Å². The van der Waals surface area contributed by atoms with Gasteiger partial charge in [0.05, 0.1) is 0 Å². The van der Waals surface area contributed by atoms with E-state index < -0.39 is 6.10 Å². The molecule has 2 nitrogen and oxygen atoms in total. The molecule has 1 unspecified atom stereocenters. The van der Waals surface area contributed by atoms with Crippen molar-refractivity contribution in [2.45, 2.75) is 12.5 Å². The molecule has 1 aliphatic carbocycles. The van der Waals surface area contributed by atoms with Crippen LogP contribution in [0.2, 0.25) is 5.02 Å². The summed E-state index contributed by atoms with van der Waals surface area (Å²) in [4.78, 5) is 12.1. The molecule has 90 valence electrons. The van der Waals surface area contributed by atoms with Crippen LogP contribution in [0.4, 0.5) is 0 Å². The van der Waals surface area contributed by atoms with Gasteiger partial charge in [0, 0.05) is 17.0 Å². The van der Waals surface area contributed by atoms with Crippen molar-refractivity contribution >= 4 is 17.4 Å². The normalized spacial score (nSPS) is 17.6. The van der Waals surface area contributed by atoms with Crippen molar-refractivity contribution in [3.8, 4) is 5.75 Å². The highest BCUT2D eigenvalue weighted by Gasteiger charge is 2.31. The first-order valence-corrected chi connectivity index (χ1v) is 6.16. The van der Waals surface area contributed by atoms with E-state index in [9.17, 15) is 4.79 Å². The third kappa shape index (κ3) is 2.00. The number of carbonyl (C=O) groups excluding carboxylic acids is 1. The van der Waals surface area contributed by atoms with Gasteiger partial charge in [-0.25, -0.2) is 0 Å². The van der Waals surface area contributed by atoms with Crippen molar-refractivity contribution in [1.82, 2.24) is 0 Å². The van der Waals surface area contributed by atoms with Gasteiger partial charge in [0.2, 0.25) is 5.78 Å². The molecule has 0 heterocycles. The van der Waals surface area contributed by atoms with Crippen LogP contribution in [0.5, 0.6) is 5.75 Å². The van der Waals surface area contributed by atoms with Crippen LogP contribution in [0, 0.1) is 0 Å². The van der Waals surface area contributed by atoms with E-state index in [2.05, 4.69) is 0 Å². The lowest BCUT2D eigenvalue weighted by molar-refractivity contribution is 0.0821. The van der Waals surface area contributed by atoms with Crippen molar-refractivity contribution in [2.24, 2.45) is 0 Å². The zero-order valence-corrected chi connectivity index (χ0v) is 10.4. The van der Waals surface area contributed by atoms with Gasteiger partial charge in [0.1, 0.15) is 5.75 Å². The van der Waals surface area contributed by atoms with Gasteiger partial charge in [-0.3, -0.25) is 4.79 Å². The Morgan fingerprint density at radius 2 is 1.78 bits per heavy atom. The molecule has 0 amide bonds. The number of Topliss-reactive ketones (excluding diaryl/α,β-unsaturated/α-hetero) is 1. The second-order valence-corrected chi connectivity index (χ2v) is 4.72. The molecule has 1 aliphatic rings. The second-order valence-electron chi connectivity index (χ2n) is 4.29. The molecule has 0 aromatic heterocycles. The SMILES string of the molecule is O=C1c2ccccc2CC1Oc1ccc(Cl)cc1. The van der Waals surface area contributed by atoms with Crippen molar-refractivity contribution in [3.05, 3.63) is 64.7 Å². The molecular weight excluding hydrogens is 248 g/mol. The Hall–Kier alpha value is -1.80. The van der Waals surface area contributed by atoms with Gasteiger partial charge < -0.3 is 4.74 Å². The van der Waals surface area contributed by atoms with Gasteiger partial charge in [-0.15, -0.1) is 0 Å². The highest BCUT2D eigenvalue weighted by atomic mass is 35.5. The summed E-state index contributed by atoms with van der Waals surface area (Å²) in [7, 11) is 0. The van der Waals surface area contributed by atoms with Crippen LogP contribution >= 0.6 is 11.6 Å². The van der Waals surface area contributed by atoms with Crippen LogP contribution in [0.15, 0.2) is 48.5 Å². The maximum Gasteiger partial charge on any atom is 0.203 e. The number of benzene rings is 2. The lowest BCUT2D eigenvalue weighted by Crippen LogP contribution is -2.23. The molecule has 0 radical (unpaired) electrons. The average molecular weight is 259 g/mol. The Kier molecular flexibility index (Phi) is 2.80. The van der Waals surface area contributed by atoms with E-state index in [1.807, 2.05) is 24.3 Å². The first-order chi connectivity index (χ1) is 8.74. The van der Waals surface area contributed by atoms with E-state index in [-0.39, 0.29) is 5.78 Å². The Bertz CT molecular complexity index is 590. The summed E-state index contributed by atoms with van der Waals surface area (Å²) in [5.74, 6) is 0.728. The molecule has 0 fully saturated rings. The Balaban J connectivity index is 1.81. The van der Waals surface area contributed by atoms with E-state index in [1.54, 1.807) is 24.3 Å². The van der Waals surface area contributed by atoms with Crippen LogP contribution in [-0.4, -0.2) is 11.9 Å². The van der Waals surface area contributed by atoms with Crippen LogP contribution in [0.3, 0.4) is 0 Å². The van der Waals surface area contributed by atoms with E-state index >= 15 is 0 Å². The zero-order chi connectivity index (χ0) is 12.5. The zero-order valence-electron chi connectivity index (χ0n) is 9.60. The molecule has 18 heavy (non-hydrogen) atoms. The van der Waals surface area contributed by atoms with Gasteiger partial charge in [0.25, 0.3) is 0 Å². The van der Waals surface area contributed by atoms with Gasteiger partial charge in [0.15, 0.2) is 6.10 Å². The lowest BCUT2D eigenvalue weighted by Gasteiger charge is -2.11. The predicted octanol–water partition coefficient (Wildman–Crippen LogP) is 3.53. The number of hydrogen-bond donors (Lipinski definition) is 0. The molecule has 3 rings (SSSR count). The molecule has 0 aliphatic heterocycles. The van der Waals surface area contributed by atoms with Gasteiger partial charge in [-0.2, -0.15) is 0 Å². The molecule has 2 aromatic rings. The molecule has 0 spiro atoms. The van der Waals surface area contributed by atoms with E-state index in [1.165, 1.54) is 0 Å². The first-order valence-electron chi connectivity index (χ1n) is 5.78. The summed E-state index contributed by atoms with van der Waals surface area (Å²) in [6.45, 7) is 0. The largest absolute Gasteiger partial charge is 0.482 e. The lowest BCUT2D eigenvalue weighted by atomic mass is 10.1. The number of ketones is 1. The van der Waals surface area contributed by atoms with Crippen LogP contribution < -0.4 is 4.74 Å². The van der Waals surface area contributed by atoms with Crippen molar-refractivity contribution in [2.75, 3.05) is 0 Å². The van der Waals surface area contributed by atoms with E-state index in [4.69, 9.17) is 16.3 Å². The smallest absolute Gasteiger partial charge is 0.203 e. The van der Waals surface area contributed by atoms with Gasteiger partial charge >= 0.3 is 0 Å². The summed E-state index contributed by atoms with van der Waals surface area (Å²) < 4.78 is 5.72. The fourth-order valence-electron chi connectivity index (χ4n) is 2.18. The van der Waals surface area contributed by atoms with Crippen molar-refractivity contribution in [3.63, 3.8) is 0 Å². The predicted molar refractivity (Wildman–Crippen MR) is 70.3 cm³/mol. The highest BCUT2D eigenvalue weighted by Crippen LogP contribution is 2.26. The second kappa shape index (κ2) is 4.46. The number of carbonyl (C=O) groups is 1. The van der Waals surface area contributed by atoms with E-state index in [0.717, 1.165) is 11.1 Å². The first kappa shape index (κ1) is 11.3. The average Bonchev–Trinajstić information content (AvgIpc) is 2.70. The fraction of sp³-hybridized carbons (Fsp3) is 0.133. The van der Waals surface area contributed by atoms with Crippen molar-refractivity contribution < 1.29 is 9.53 Å². The number of ether oxygens (including phenoxy) is 1. The van der Waals surface area contributed by atoms with Crippen LogP contribution in [-0.2, 0) is 6.42 Å². The Morgan fingerprint density at radius 1 is 1.06 bits per heavy atom. The van der Waals surface area contributed by atoms with E-state index in [0.29, 0.717) is 17.2 Å². The quantitative estimate of drug-likeness (QED) is 0.824. The molecule has 0 bridgehead atoms.